The lowest BCUT2D eigenvalue weighted by atomic mass is 10.1. The van der Waals surface area contributed by atoms with E-state index in [0.29, 0.717) is 0 Å². The van der Waals surface area contributed by atoms with Crippen LogP contribution in [0.4, 0.5) is 0 Å². The predicted octanol–water partition coefficient (Wildman–Crippen LogP) is 2.17. The first-order valence-corrected chi connectivity index (χ1v) is 9.00. The second-order valence-electron chi connectivity index (χ2n) is 6.79. The fourth-order valence-corrected chi connectivity index (χ4v) is 3.78. The molecule has 0 saturated carbocycles. The standard InChI is InChI=1S/C19H26N4O/c1-3-18(23-8-7-20-16-23)4-2-17(1)15-21-9-11-22(12-10-21)19-5-13-24-14-6-19/h1-4,7-8,16,19H,5-6,9-15H2. The summed E-state index contributed by atoms with van der Waals surface area (Å²) in [5.41, 5.74) is 2.55. The van der Waals surface area contributed by atoms with Crippen LogP contribution in [0.5, 0.6) is 0 Å². The number of benzene rings is 1. The van der Waals surface area contributed by atoms with Crippen molar-refractivity contribution < 1.29 is 4.74 Å². The highest BCUT2D eigenvalue weighted by Crippen LogP contribution is 2.18. The quantitative estimate of drug-likeness (QED) is 0.862. The Labute approximate surface area is 143 Å². The van der Waals surface area contributed by atoms with Crippen LogP contribution in [0.3, 0.4) is 0 Å². The van der Waals surface area contributed by atoms with Crippen LogP contribution >= 0.6 is 0 Å². The van der Waals surface area contributed by atoms with Gasteiger partial charge >= 0.3 is 0 Å². The summed E-state index contributed by atoms with van der Waals surface area (Å²) in [4.78, 5) is 9.34. The lowest BCUT2D eigenvalue weighted by molar-refractivity contribution is 0.0126. The van der Waals surface area contributed by atoms with Gasteiger partial charge in [0, 0.05) is 70.1 Å². The van der Waals surface area contributed by atoms with Crippen LogP contribution in [0, 0.1) is 0 Å². The molecule has 0 spiro atoms. The van der Waals surface area contributed by atoms with E-state index in [1.165, 1.54) is 50.3 Å². The molecule has 3 heterocycles. The number of piperazine rings is 1. The Bertz CT molecular complexity index is 611. The van der Waals surface area contributed by atoms with Crippen molar-refractivity contribution in [3.05, 3.63) is 48.5 Å². The van der Waals surface area contributed by atoms with Gasteiger partial charge in [0.15, 0.2) is 0 Å². The Morgan fingerprint density at radius 2 is 1.75 bits per heavy atom. The number of nitrogens with zero attached hydrogens (tertiary/aromatic N) is 4. The summed E-state index contributed by atoms with van der Waals surface area (Å²) in [5, 5.41) is 0. The normalized spacial score (nSPS) is 21.2. The van der Waals surface area contributed by atoms with E-state index in [1.807, 2.05) is 23.3 Å². The van der Waals surface area contributed by atoms with Crippen LogP contribution < -0.4 is 0 Å². The smallest absolute Gasteiger partial charge is 0.0991 e. The van der Waals surface area contributed by atoms with E-state index in [4.69, 9.17) is 4.74 Å². The molecule has 2 aromatic rings. The number of imidazole rings is 1. The van der Waals surface area contributed by atoms with Gasteiger partial charge in [0.05, 0.1) is 6.33 Å². The minimum atomic E-state index is 0.746. The van der Waals surface area contributed by atoms with Gasteiger partial charge in [0.1, 0.15) is 0 Å². The average Bonchev–Trinajstić information content (AvgIpc) is 3.18. The number of rotatable bonds is 4. The second-order valence-corrected chi connectivity index (χ2v) is 6.79. The van der Waals surface area contributed by atoms with Gasteiger partial charge in [-0.2, -0.15) is 0 Å². The Hall–Kier alpha value is -1.69. The molecule has 2 saturated heterocycles. The van der Waals surface area contributed by atoms with Crippen molar-refractivity contribution in [2.75, 3.05) is 39.4 Å². The van der Waals surface area contributed by atoms with Crippen molar-refractivity contribution in [3.8, 4) is 5.69 Å². The maximum atomic E-state index is 5.48. The zero-order chi connectivity index (χ0) is 16.2. The van der Waals surface area contributed by atoms with E-state index < -0.39 is 0 Å². The van der Waals surface area contributed by atoms with Crippen LogP contribution in [-0.4, -0.2) is 64.8 Å². The zero-order valence-corrected chi connectivity index (χ0v) is 14.2. The molecule has 0 amide bonds. The molecule has 5 nitrogen and oxygen atoms in total. The third-order valence-electron chi connectivity index (χ3n) is 5.26. The second kappa shape index (κ2) is 7.47. The first-order chi connectivity index (χ1) is 11.9. The highest BCUT2D eigenvalue weighted by Gasteiger charge is 2.25. The SMILES string of the molecule is c1cn(-c2ccc(CN3CCN(C4CCOCC4)CC3)cc2)cn1. The van der Waals surface area contributed by atoms with Crippen molar-refractivity contribution in [1.29, 1.82) is 0 Å². The Morgan fingerprint density at radius 1 is 1.00 bits per heavy atom. The number of aromatic nitrogens is 2. The Kier molecular flexibility index (Phi) is 4.92. The summed E-state index contributed by atoms with van der Waals surface area (Å²) < 4.78 is 7.52. The van der Waals surface area contributed by atoms with Crippen LogP contribution in [0.2, 0.25) is 0 Å². The molecule has 1 aromatic heterocycles. The van der Waals surface area contributed by atoms with Crippen molar-refractivity contribution in [1.82, 2.24) is 19.4 Å². The third kappa shape index (κ3) is 3.69. The number of hydrogen-bond acceptors (Lipinski definition) is 4. The first kappa shape index (κ1) is 15.8. The molecule has 0 N–H and O–H groups in total. The summed E-state index contributed by atoms with van der Waals surface area (Å²) in [6, 6.07) is 9.57. The highest BCUT2D eigenvalue weighted by atomic mass is 16.5. The van der Waals surface area contributed by atoms with E-state index in [9.17, 15) is 0 Å². The van der Waals surface area contributed by atoms with Crippen molar-refractivity contribution in [3.63, 3.8) is 0 Å². The van der Waals surface area contributed by atoms with E-state index in [-0.39, 0.29) is 0 Å². The molecule has 4 rings (SSSR count). The summed E-state index contributed by atoms with van der Waals surface area (Å²) in [6.07, 6.45) is 8.03. The van der Waals surface area contributed by atoms with Crippen molar-refractivity contribution in [2.45, 2.75) is 25.4 Å². The molecule has 0 atom stereocenters. The van der Waals surface area contributed by atoms with Gasteiger partial charge in [-0.3, -0.25) is 9.80 Å². The van der Waals surface area contributed by atoms with E-state index >= 15 is 0 Å². The summed E-state index contributed by atoms with van der Waals surface area (Å²) in [6.45, 7) is 7.64. The van der Waals surface area contributed by atoms with Gasteiger partial charge in [-0.15, -0.1) is 0 Å². The van der Waals surface area contributed by atoms with E-state index in [1.54, 1.807) is 0 Å². The first-order valence-electron chi connectivity index (χ1n) is 9.00. The molecule has 1 aromatic carbocycles. The molecule has 128 valence electrons. The van der Waals surface area contributed by atoms with E-state index in [0.717, 1.165) is 25.8 Å². The summed E-state index contributed by atoms with van der Waals surface area (Å²) >= 11 is 0. The fraction of sp³-hybridized carbons (Fsp3) is 0.526. The lowest BCUT2D eigenvalue weighted by Crippen LogP contribution is -2.51. The number of hydrogen-bond donors (Lipinski definition) is 0. The predicted molar refractivity (Wildman–Crippen MR) is 94.3 cm³/mol. The van der Waals surface area contributed by atoms with Crippen LogP contribution in [0.1, 0.15) is 18.4 Å². The molecule has 0 bridgehead atoms. The largest absolute Gasteiger partial charge is 0.381 e. The molecule has 24 heavy (non-hydrogen) atoms. The van der Waals surface area contributed by atoms with Crippen LogP contribution in [0.25, 0.3) is 5.69 Å². The Balaban J connectivity index is 1.29. The van der Waals surface area contributed by atoms with Crippen molar-refractivity contribution in [2.24, 2.45) is 0 Å². The number of ether oxygens (including phenoxy) is 1. The van der Waals surface area contributed by atoms with E-state index in [2.05, 4.69) is 39.0 Å². The molecule has 2 aliphatic rings. The van der Waals surface area contributed by atoms with Crippen LogP contribution in [0.15, 0.2) is 43.0 Å². The molecule has 0 unspecified atom stereocenters. The summed E-state index contributed by atoms with van der Waals surface area (Å²) in [5.74, 6) is 0. The van der Waals surface area contributed by atoms with Gasteiger partial charge in [0.25, 0.3) is 0 Å². The van der Waals surface area contributed by atoms with Gasteiger partial charge in [-0.1, -0.05) is 12.1 Å². The molecule has 2 fully saturated rings. The molecular formula is C19H26N4O. The molecular weight excluding hydrogens is 300 g/mol. The molecule has 0 aliphatic carbocycles. The van der Waals surface area contributed by atoms with Crippen molar-refractivity contribution >= 4 is 0 Å². The third-order valence-corrected chi connectivity index (χ3v) is 5.26. The fourth-order valence-electron chi connectivity index (χ4n) is 3.78. The maximum absolute atomic E-state index is 5.48. The van der Waals surface area contributed by atoms with Gasteiger partial charge < -0.3 is 9.30 Å². The lowest BCUT2D eigenvalue weighted by Gasteiger charge is -2.40. The Morgan fingerprint density at radius 3 is 2.42 bits per heavy atom. The van der Waals surface area contributed by atoms with Gasteiger partial charge in [-0.05, 0) is 30.5 Å². The maximum Gasteiger partial charge on any atom is 0.0991 e. The molecule has 2 aliphatic heterocycles. The minimum absolute atomic E-state index is 0.746. The molecule has 0 radical (unpaired) electrons. The summed E-state index contributed by atoms with van der Waals surface area (Å²) in [7, 11) is 0. The topological polar surface area (TPSA) is 33.5 Å². The zero-order valence-electron chi connectivity index (χ0n) is 14.2. The monoisotopic (exact) mass is 326 g/mol. The highest BCUT2D eigenvalue weighted by molar-refractivity contribution is 5.34. The average molecular weight is 326 g/mol. The van der Waals surface area contributed by atoms with Gasteiger partial charge in [0.2, 0.25) is 0 Å². The minimum Gasteiger partial charge on any atom is -0.381 e. The van der Waals surface area contributed by atoms with Gasteiger partial charge in [-0.25, -0.2) is 4.98 Å². The van der Waals surface area contributed by atoms with Crippen LogP contribution in [-0.2, 0) is 11.3 Å². The molecule has 5 heteroatoms.